The van der Waals surface area contributed by atoms with E-state index in [9.17, 15) is 9.59 Å². The van der Waals surface area contributed by atoms with Crippen molar-refractivity contribution in [3.05, 3.63) is 0 Å². The van der Waals surface area contributed by atoms with Crippen molar-refractivity contribution >= 4 is 11.9 Å². The molecule has 0 aliphatic rings. The SMILES string of the molecule is CC(C)CCC(CCOC(=O)CCCCCCCCCC(CCCCCCCCCC(=O)OCCC(CCC(C)C)C(C)C)OCCCCN(C)C)C(C)C. The fourth-order valence-corrected chi connectivity index (χ4v) is 7.65. The first kappa shape index (κ1) is 53.9. The first-order valence-corrected chi connectivity index (χ1v) is 23.9. The lowest BCUT2D eigenvalue weighted by atomic mass is 9.86. The summed E-state index contributed by atoms with van der Waals surface area (Å²) in [6, 6.07) is 0. The van der Waals surface area contributed by atoms with E-state index in [1.807, 2.05) is 0 Å². The summed E-state index contributed by atoms with van der Waals surface area (Å²) in [6.45, 7) is 21.5. The molecule has 0 spiro atoms. The summed E-state index contributed by atoms with van der Waals surface area (Å²) < 4.78 is 17.6. The molecule has 6 heteroatoms. The number of ether oxygens (including phenoxy) is 3. The van der Waals surface area contributed by atoms with Gasteiger partial charge in [-0.1, -0.05) is 145 Å². The van der Waals surface area contributed by atoms with E-state index in [1.54, 1.807) is 0 Å². The van der Waals surface area contributed by atoms with E-state index < -0.39 is 0 Å². The van der Waals surface area contributed by atoms with Gasteiger partial charge in [-0.2, -0.15) is 0 Å². The van der Waals surface area contributed by atoms with Crippen molar-refractivity contribution in [3.8, 4) is 0 Å². The van der Waals surface area contributed by atoms with Crippen molar-refractivity contribution < 1.29 is 23.8 Å². The Hall–Kier alpha value is -1.14. The van der Waals surface area contributed by atoms with Crippen molar-refractivity contribution in [3.63, 3.8) is 0 Å². The number of hydrogen-bond donors (Lipinski definition) is 0. The molecular formula is C49H97NO5. The summed E-state index contributed by atoms with van der Waals surface area (Å²) in [5.41, 5.74) is 0. The second-order valence-electron chi connectivity index (χ2n) is 19.0. The van der Waals surface area contributed by atoms with Gasteiger partial charge in [0, 0.05) is 19.4 Å². The van der Waals surface area contributed by atoms with Crippen LogP contribution in [0.1, 0.15) is 222 Å². The second kappa shape index (κ2) is 37.2. The average Bonchev–Trinajstić information content (AvgIpc) is 3.11. The lowest BCUT2D eigenvalue weighted by Crippen LogP contribution is -2.16. The van der Waals surface area contributed by atoms with Crippen LogP contribution in [0.25, 0.3) is 0 Å². The summed E-state index contributed by atoms with van der Waals surface area (Å²) in [6.07, 6.45) is 29.9. The number of carbonyl (C=O) groups is 2. The Labute approximate surface area is 344 Å². The summed E-state index contributed by atoms with van der Waals surface area (Å²) in [7, 11) is 4.29. The summed E-state index contributed by atoms with van der Waals surface area (Å²) in [5, 5.41) is 0. The molecule has 0 N–H and O–H groups in total. The quantitative estimate of drug-likeness (QED) is 0.0456. The Morgan fingerprint density at radius 2 is 0.800 bits per heavy atom. The zero-order valence-electron chi connectivity index (χ0n) is 38.7. The molecular weight excluding hydrogens is 683 g/mol. The maximum Gasteiger partial charge on any atom is 0.305 e. The highest BCUT2D eigenvalue weighted by Crippen LogP contribution is 2.25. The molecule has 2 atom stereocenters. The summed E-state index contributed by atoms with van der Waals surface area (Å²) >= 11 is 0. The summed E-state index contributed by atoms with van der Waals surface area (Å²) in [4.78, 5) is 26.8. The molecule has 0 rings (SSSR count). The number of unbranched alkanes of at least 4 members (excludes halogenated alkanes) is 13. The number of esters is 2. The van der Waals surface area contributed by atoms with E-state index in [0.29, 0.717) is 55.8 Å². The fourth-order valence-electron chi connectivity index (χ4n) is 7.65. The molecule has 0 radical (unpaired) electrons. The Balaban J connectivity index is 4.08. The van der Waals surface area contributed by atoms with Crippen LogP contribution in [0.2, 0.25) is 0 Å². The zero-order chi connectivity index (χ0) is 41.1. The van der Waals surface area contributed by atoms with Crippen LogP contribution >= 0.6 is 0 Å². The third kappa shape index (κ3) is 36.9. The predicted octanol–water partition coefficient (Wildman–Crippen LogP) is 14.0. The molecule has 0 aliphatic carbocycles. The van der Waals surface area contributed by atoms with Gasteiger partial charge in [0.25, 0.3) is 0 Å². The molecule has 55 heavy (non-hydrogen) atoms. The van der Waals surface area contributed by atoms with Gasteiger partial charge in [-0.3, -0.25) is 9.59 Å². The summed E-state index contributed by atoms with van der Waals surface area (Å²) in [5.74, 6) is 4.06. The van der Waals surface area contributed by atoms with Gasteiger partial charge in [0.15, 0.2) is 0 Å². The van der Waals surface area contributed by atoms with Gasteiger partial charge in [0.05, 0.1) is 19.3 Å². The molecule has 6 nitrogen and oxygen atoms in total. The van der Waals surface area contributed by atoms with E-state index in [0.717, 1.165) is 69.9 Å². The number of rotatable bonds is 40. The molecule has 328 valence electrons. The average molecular weight is 780 g/mol. The minimum Gasteiger partial charge on any atom is -0.466 e. The lowest BCUT2D eigenvalue weighted by Gasteiger charge is -2.21. The van der Waals surface area contributed by atoms with Gasteiger partial charge in [-0.05, 0) is 120 Å². The van der Waals surface area contributed by atoms with Gasteiger partial charge < -0.3 is 19.1 Å². The molecule has 0 saturated carbocycles. The molecule has 0 aromatic carbocycles. The Morgan fingerprint density at radius 3 is 1.16 bits per heavy atom. The molecule has 0 heterocycles. The monoisotopic (exact) mass is 780 g/mol. The van der Waals surface area contributed by atoms with Crippen LogP contribution in [-0.2, 0) is 23.8 Å². The normalized spacial score (nSPS) is 13.7. The van der Waals surface area contributed by atoms with Crippen molar-refractivity contribution in [1.29, 1.82) is 0 Å². The van der Waals surface area contributed by atoms with E-state index in [-0.39, 0.29) is 11.9 Å². The maximum atomic E-state index is 12.3. The van der Waals surface area contributed by atoms with Crippen LogP contribution in [-0.4, -0.2) is 63.4 Å². The van der Waals surface area contributed by atoms with Crippen LogP contribution in [0.5, 0.6) is 0 Å². The molecule has 0 amide bonds. The maximum absolute atomic E-state index is 12.3. The molecule has 0 aromatic heterocycles. The third-order valence-electron chi connectivity index (χ3n) is 11.8. The van der Waals surface area contributed by atoms with Crippen molar-refractivity contribution in [1.82, 2.24) is 4.90 Å². The number of hydrogen-bond acceptors (Lipinski definition) is 6. The molecule has 0 saturated heterocycles. The van der Waals surface area contributed by atoms with E-state index in [1.165, 1.54) is 109 Å². The van der Waals surface area contributed by atoms with Gasteiger partial charge in [0.1, 0.15) is 0 Å². The van der Waals surface area contributed by atoms with Crippen molar-refractivity contribution in [2.24, 2.45) is 35.5 Å². The topological polar surface area (TPSA) is 65.1 Å². The number of carbonyl (C=O) groups excluding carboxylic acids is 2. The predicted molar refractivity (Wildman–Crippen MR) is 237 cm³/mol. The third-order valence-corrected chi connectivity index (χ3v) is 11.8. The van der Waals surface area contributed by atoms with Gasteiger partial charge in [0.2, 0.25) is 0 Å². The van der Waals surface area contributed by atoms with Gasteiger partial charge in [-0.15, -0.1) is 0 Å². The molecule has 0 aromatic rings. The van der Waals surface area contributed by atoms with E-state index in [2.05, 4.69) is 74.4 Å². The second-order valence-corrected chi connectivity index (χ2v) is 19.0. The van der Waals surface area contributed by atoms with Crippen molar-refractivity contribution in [2.75, 3.05) is 40.5 Å². The van der Waals surface area contributed by atoms with Crippen LogP contribution in [0.15, 0.2) is 0 Å². The van der Waals surface area contributed by atoms with Crippen LogP contribution < -0.4 is 0 Å². The highest BCUT2D eigenvalue weighted by atomic mass is 16.5. The minimum atomic E-state index is -0.00803. The van der Waals surface area contributed by atoms with Crippen molar-refractivity contribution in [2.45, 2.75) is 228 Å². The smallest absolute Gasteiger partial charge is 0.305 e. The Morgan fingerprint density at radius 1 is 0.418 bits per heavy atom. The Kier molecular flexibility index (Phi) is 36.4. The molecule has 0 bridgehead atoms. The number of nitrogens with zero attached hydrogens (tertiary/aromatic N) is 1. The molecule has 0 fully saturated rings. The van der Waals surface area contributed by atoms with Crippen LogP contribution in [0.3, 0.4) is 0 Å². The van der Waals surface area contributed by atoms with Gasteiger partial charge >= 0.3 is 11.9 Å². The van der Waals surface area contributed by atoms with E-state index in [4.69, 9.17) is 14.2 Å². The standard InChI is InChI=1S/C49H97NO5/c1-41(2)31-33-45(43(5)6)35-39-54-48(51)29-23-19-15-11-13-17-21-27-47(53-38-26-25-37-50(9)10)28-22-18-14-12-16-20-24-30-49(52)55-40-36-46(44(7)8)34-32-42(3)4/h41-47H,11-40H2,1-10H3. The fraction of sp³-hybridized carbons (Fsp3) is 0.959. The van der Waals surface area contributed by atoms with E-state index >= 15 is 0 Å². The Bertz CT molecular complexity index is 796. The molecule has 0 aliphatic heterocycles. The van der Waals surface area contributed by atoms with Gasteiger partial charge in [-0.25, -0.2) is 0 Å². The highest BCUT2D eigenvalue weighted by Gasteiger charge is 2.16. The largest absolute Gasteiger partial charge is 0.466 e. The van der Waals surface area contributed by atoms with Crippen LogP contribution in [0, 0.1) is 35.5 Å². The first-order valence-electron chi connectivity index (χ1n) is 23.9. The highest BCUT2D eigenvalue weighted by molar-refractivity contribution is 5.69. The minimum absolute atomic E-state index is 0.00803. The lowest BCUT2D eigenvalue weighted by molar-refractivity contribution is -0.145. The van der Waals surface area contributed by atoms with Crippen LogP contribution in [0.4, 0.5) is 0 Å². The molecule has 2 unspecified atom stereocenters. The first-order chi connectivity index (χ1) is 26.3. The zero-order valence-corrected chi connectivity index (χ0v) is 38.7.